The molecule has 7 heteroatoms. The molecule has 1 amide bonds. The zero-order valence-corrected chi connectivity index (χ0v) is 10.9. The van der Waals surface area contributed by atoms with Crippen molar-refractivity contribution in [3.63, 3.8) is 0 Å². The minimum atomic E-state index is -4.85. The van der Waals surface area contributed by atoms with E-state index in [1.807, 2.05) is 0 Å². The normalized spacial score (nSPS) is 11.5. The third-order valence-electron chi connectivity index (χ3n) is 2.67. The van der Waals surface area contributed by atoms with Crippen molar-refractivity contribution in [2.45, 2.75) is 19.5 Å². The number of rotatable bonds is 5. The summed E-state index contributed by atoms with van der Waals surface area (Å²) >= 11 is 0. The Bertz CT molecular complexity index is 468. The summed E-state index contributed by atoms with van der Waals surface area (Å²) in [6.07, 6.45) is -4.26. The maximum atomic E-state index is 13.1. The topological polar surface area (TPSA) is 40.5 Å². The van der Waals surface area contributed by atoms with Gasteiger partial charge < -0.3 is 10.0 Å². The molecule has 0 bridgehead atoms. The first-order chi connectivity index (χ1) is 9.31. The summed E-state index contributed by atoms with van der Waals surface area (Å²) in [6, 6.07) is 2.13. The summed E-state index contributed by atoms with van der Waals surface area (Å²) in [7, 11) is 0. The average molecular weight is 293 g/mol. The van der Waals surface area contributed by atoms with Crippen molar-refractivity contribution in [2.24, 2.45) is 0 Å². The molecule has 0 atom stereocenters. The summed E-state index contributed by atoms with van der Waals surface area (Å²) in [5, 5.41) is 8.85. The molecule has 0 aromatic heterocycles. The highest BCUT2D eigenvalue weighted by molar-refractivity contribution is 5.94. The highest BCUT2D eigenvalue weighted by atomic mass is 19.4. The summed E-state index contributed by atoms with van der Waals surface area (Å²) in [6.45, 7) is 1.83. The molecule has 0 aliphatic rings. The minimum Gasteiger partial charge on any atom is -0.395 e. The summed E-state index contributed by atoms with van der Waals surface area (Å²) < 4.78 is 50.9. The lowest BCUT2D eigenvalue weighted by atomic mass is 10.1. The van der Waals surface area contributed by atoms with E-state index in [-0.39, 0.29) is 18.7 Å². The van der Waals surface area contributed by atoms with E-state index in [2.05, 4.69) is 0 Å². The molecule has 0 aliphatic heterocycles. The van der Waals surface area contributed by atoms with E-state index < -0.39 is 23.5 Å². The first kappa shape index (κ1) is 16.4. The van der Waals surface area contributed by atoms with Crippen molar-refractivity contribution >= 4 is 5.91 Å². The molecular weight excluding hydrogens is 278 g/mol. The fourth-order valence-corrected chi connectivity index (χ4v) is 1.76. The van der Waals surface area contributed by atoms with Gasteiger partial charge in [0.2, 0.25) is 0 Å². The number of halogens is 4. The van der Waals surface area contributed by atoms with E-state index in [4.69, 9.17) is 5.11 Å². The van der Waals surface area contributed by atoms with Crippen LogP contribution in [0.3, 0.4) is 0 Å². The van der Waals surface area contributed by atoms with Gasteiger partial charge >= 0.3 is 6.18 Å². The number of hydrogen-bond donors (Lipinski definition) is 1. The largest absolute Gasteiger partial charge is 0.419 e. The number of alkyl halides is 3. The van der Waals surface area contributed by atoms with E-state index in [1.54, 1.807) is 6.92 Å². The van der Waals surface area contributed by atoms with E-state index in [9.17, 15) is 22.4 Å². The third-order valence-corrected chi connectivity index (χ3v) is 2.67. The Labute approximate surface area is 113 Å². The lowest BCUT2D eigenvalue weighted by molar-refractivity contribution is -0.140. The lowest BCUT2D eigenvalue weighted by Gasteiger charge is -2.21. The van der Waals surface area contributed by atoms with Crippen LogP contribution >= 0.6 is 0 Å². The van der Waals surface area contributed by atoms with Gasteiger partial charge in [-0.15, -0.1) is 0 Å². The molecule has 0 fully saturated rings. The van der Waals surface area contributed by atoms with Crippen LogP contribution in [0.2, 0.25) is 0 Å². The quantitative estimate of drug-likeness (QED) is 0.848. The molecule has 0 saturated heterocycles. The Morgan fingerprint density at radius 3 is 2.45 bits per heavy atom. The summed E-state index contributed by atoms with van der Waals surface area (Å²) in [5.41, 5.74) is -1.72. The van der Waals surface area contributed by atoms with Crippen LogP contribution in [0.25, 0.3) is 0 Å². The van der Waals surface area contributed by atoms with Crippen molar-refractivity contribution < 1.29 is 27.5 Å². The van der Waals surface area contributed by atoms with Gasteiger partial charge in [-0.3, -0.25) is 4.79 Å². The predicted molar refractivity (Wildman–Crippen MR) is 64.7 cm³/mol. The fourth-order valence-electron chi connectivity index (χ4n) is 1.76. The number of aliphatic hydroxyl groups excluding tert-OH is 1. The number of benzene rings is 1. The highest BCUT2D eigenvalue weighted by Crippen LogP contribution is 2.32. The van der Waals surface area contributed by atoms with Crippen LogP contribution in [0.1, 0.15) is 29.3 Å². The molecule has 3 nitrogen and oxygen atoms in total. The van der Waals surface area contributed by atoms with Crippen LogP contribution in [-0.4, -0.2) is 35.6 Å². The second-order valence-corrected chi connectivity index (χ2v) is 4.21. The Morgan fingerprint density at radius 1 is 1.30 bits per heavy atom. The predicted octanol–water partition coefficient (Wildman–Crippen LogP) is 2.69. The zero-order valence-electron chi connectivity index (χ0n) is 10.9. The maximum absolute atomic E-state index is 13.1. The first-order valence-corrected chi connectivity index (χ1v) is 6.08. The molecule has 0 spiro atoms. The van der Waals surface area contributed by atoms with Crippen LogP contribution in [-0.2, 0) is 6.18 Å². The molecule has 20 heavy (non-hydrogen) atoms. The average Bonchev–Trinajstić information content (AvgIpc) is 2.37. The fraction of sp³-hybridized carbons (Fsp3) is 0.462. The standard InChI is InChI=1S/C13H15F4NO2/c1-2-5-18(6-7-19)12(20)9-3-4-11(14)10(8-9)13(15,16)17/h3-4,8,19H,2,5-7H2,1H3. The molecular formula is C13H15F4NO2. The van der Waals surface area contributed by atoms with Crippen LogP contribution in [0.5, 0.6) is 0 Å². The number of carbonyl (C=O) groups excluding carboxylic acids is 1. The van der Waals surface area contributed by atoms with Gasteiger partial charge in [-0.1, -0.05) is 6.92 Å². The van der Waals surface area contributed by atoms with Gasteiger partial charge in [0, 0.05) is 18.7 Å². The molecule has 0 heterocycles. The van der Waals surface area contributed by atoms with Gasteiger partial charge in [-0.05, 0) is 24.6 Å². The van der Waals surface area contributed by atoms with Crippen LogP contribution < -0.4 is 0 Å². The number of amides is 1. The zero-order chi connectivity index (χ0) is 15.3. The van der Waals surface area contributed by atoms with Crippen molar-refractivity contribution in [1.29, 1.82) is 0 Å². The van der Waals surface area contributed by atoms with E-state index in [0.717, 1.165) is 6.07 Å². The van der Waals surface area contributed by atoms with E-state index >= 15 is 0 Å². The van der Waals surface area contributed by atoms with Gasteiger partial charge in [-0.2, -0.15) is 13.2 Å². The Kier molecular flexibility index (Phi) is 5.50. The molecule has 0 radical (unpaired) electrons. The first-order valence-electron chi connectivity index (χ1n) is 6.08. The number of nitrogens with zero attached hydrogens (tertiary/aromatic N) is 1. The number of hydrogen-bond acceptors (Lipinski definition) is 2. The molecule has 0 unspecified atom stereocenters. The van der Waals surface area contributed by atoms with Crippen LogP contribution in [0, 0.1) is 5.82 Å². The van der Waals surface area contributed by atoms with Crippen molar-refractivity contribution in [3.8, 4) is 0 Å². The molecule has 1 aromatic carbocycles. The molecule has 1 N–H and O–H groups in total. The van der Waals surface area contributed by atoms with Crippen LogP contribution in [0.4, 0.5) is 17.6 Å². The molecule has 112 valence electrons. The number of carbonyl (C=O) groups is 1. The van der Waals surface area contributed by atoms with Gasteiger partial charge in [0.15, 0.2) is 0 Å². The molecule has 0 saturated carbocycles. The molecule has 1 rings (SSSR count). The van der Waals surface area contributed by atoms with E-state index in [1.165, 1.54) is 4.90 Å². The second-order valence-electron chi connectivity index (χ2n) is 4.21. The lowest BCUT2D eigenvalue weighted by Crippen LogP contribution is -2.34. The highest BCUT2D eigenvalue weighted by Gasteiger charge is 2.35. The summed E-state index contributed by atoms with van der Waals surface area (Å²) in [5.74, 6) is -2.08. The SMILES string of the molecule is CCCN(CCO)C(=O)c1ccc(F)c(C(F)(F)F)c1. The monoisotopic (exact) mass is 293 g/mol. The van der Waals surface area contributed by atoms with Gasteiger partial charge in [0.25, 0.3) is 5.91 Å². The Morgan fingerprint density at radius 2 is 1.95 bits per heavy atom. The van der Waals surface area contributed by atoms with E-state index in [0.29, 0.717) is 25.1 Å². The number of aliphatic hydroxyl groups is 1. The van der Waals surface area contributed by atoms with Gasteiger partial charge in [0.1, 0.15) is 5.82 Å². The molecule has 1 aromatic rings. The summed E-state index contributed by atoms with van der Waals surface area (Å²) in [4.78, 5) is 13.3. The smallest absolute Gasteiger partial charge is 0.395 e. The third kappa shape index (κ3) is 3.93. The van der Waals surface area contributed by atoms with Crippen molar-refractivity contribution in [2.75, 3.05) is 19.7 Å². The second kappa shape index (κ2) is 6.69. The minimum absolute atomic E-state index is 0.0192. The molecule has 0 aliphatic carbocycles. The Balaban J connectivity index is 3.10. The van der Waals surface area contributed by atoms with Crippen molar-refractivity contribution in [1.82, 2.24) is 4.90 Å². The van der Waals surface area contributed by atoms with Gasteiger partial charge in [0.05, 0.1) is 12.2 Å². The van der Waals surface area contributed by atoms with Gasteiger partial charge in [-0.25, -0.2) is 4.39 Å². The van der Waals surface area contributed by atoms with Crippen LogP contribution in [0.15, 0.2) is 18.2 Å². The van der Waals surface area contributed by atoms with Crippen molar-refractivity contribution in [3.05, 3.63) is 35.1 Å². The maximum Gasteiger partial charge on any atom is 0.419 e. The Hall–Kier alpha value is -1.63.